The summed E-state index contributed by atoms with van der Waals surface area (Å²) in [6, 6.07) is 10.6. The summed E-state index contributed by atoms with van der Waals surface area (Å²) in [6.45, 7) is 11.5. The lowest BCUT2D eigenvalue weighted by molar-refractivity contribution is 0.00568. The van der Waals surface area contributed by atoms with Gasteiger partial charge in [0, 0.05) is 46.4 Å². The highest BCUT2D eigenvalue weighted by Gasteiger charge is 2.08. The van der Waals surface area contributed by atoms with E-state index in [4.69, 9.17) is 23.7 Å². The van der Waals surface area contributed by atoms with Crippen LogP contribution in [-0.4, -0.2) is 116 Å². The molecule has 7 nitrogen and oxygen atoms in total. The molecule has 1 aliphatic rings. The first kappa shape index (κ1) is 25.2. The molecule has 0 N–H and O–H groups in total. The predicted octanol–water partition coefficient (Wildman–Crippen LogP) is 1.56. The molecule has 1 aliphatic heterocycles. The van der Waals surface area contributed by atoms with Crippen LogP contribution in [-0.2, 0) is 30.1 Å². The van der Waals surface area contributed by atoms with Crippen molar-refractivity contribution in [3.8, 4) is 0 Å². The van der Waals surface area contributed by atoms with Crippen LogP contribution in [0.3, 0.4) is 0 Å². The topological polar surface area (TPSA) is 52.6 Å². The zero-order valence-electron chi connectivity index (χ0n) is 18.6. The Hall–Kier alpha value is -1.06. The summed E-state index contributed by atoms with van der Waals surface area (Å²) in [6.07, 6.45) is 1.03. The van der Waals surface area contributed by atoms with E-state index in [1.807, 2.05) is 0 Å². The summed E-state index contributed by atoms with van der Waals surface area (Å²) in [5.74, 6) is 0. The predicted molar refractivity (Wildman–Crippen MR) is 118 cm³/mol. The summed E-state index contributed by atoms with van der Waals surface area (Å²) >= 11 is 0. The molecular formula is C23H40N2O5. The van der Waals surface area contributed by atoms with Crippen molar-refractivity contribution in [1.82, 2.24) is 9.80 Å². The van der Waals surface area contributed by atoms with Crippen molar-refractivity contribution < 1.29 is 23.7 Å². The molecule has 1 saturated heterocycles. The molecule has 0 unspecified atom stereocenters. The summed E-state index contributed by atoms with van der Waals surface area (Å²) in [4.78, 5) is 4.71. The van der Waals surface area contributed by atoms with Crippen molar-refractivity contribution in [3.63, 3.8) is 0 Å². The summed E-state index contributed by atoms with van der Waals surface area (Å²) < 4.78 is 28.3. The molecule has 0 atom stereocenters. The van der Waals surface area contributed by atoms with Gasteiger partial charge in [-0.3, -0.25) is 9.80 Å². The molecule has 172 valence electrons. The second-order valence-corrected chi connectivity index (χ2v) is 7.36. The average Bonchev–Trinajstić information content (AvgIpc) is 2.78. The molecule has 0 bridgehead atoms. The van der Waals surface area contributed by atoms with Crippen LogP contribution in [0, 0.1) is 0 Å². The van der Waals surface area contributed by atoms with Crippen molar-refractivity contribution in [3.05, 3.63) is 35.9 Å². The number of hydrogen-bond donors (Lipinski definition) is 0. The van der Waals surface area contributed by atoms with Gasteiger partial charge in [0.1, 0.15) is 0 Å². The van der Waals surface area contributed by atoms with E-state index >= 15 is 0 Å². The quantitative estimate of drug-likeness (QED) is 0.687. The Balaban J connectivity index is 1.71. The van der Waals surface area contributed by atoms with Gasteiger partial charge in [-0.25, -0.2) is 0 Å². The Kier molecular flexibility index (Phi) is 14.8. The van der Waals surface area contributed by atoms with Gasteiger partial charge in [0.25, 0.3) is 0 Å². The molecule has 0 spiro atoms. The van der Waals surface area contributed by atoms with E-state index in [1.54, 1.807) is 7.11 Å². The lowest BCUT2D eigenvalue weighted by Gasteiger charge is -2.23. The van der Waals surface area contributed by atoms with Crippen molar-refractivity contribution in [2.45, 2.75) is 6.42 Å². The highest BCUT2D eigenvalue weighted by Crippen LogP contribution is 2.02. The van der Waals surface area contributed by atoms with Gasteiger partial charge < -0.3 is 23.7 Å². The Labute approximate surface area is 182 Å². The lowest BCUT2D eigenvalue weighted by atomic mass is 10.1. The molecule has 1 fully saturated rings. The smallest absolute Gasteiger partial charge is 0.0701 e. The second-order valence-electron chi connectivity index (χ2n) is 7.36. The van der Waals surface area contributed by atoms with E-state index in [1.165, 1.54) is 5.56 Å². The van der Waals surface area contributed by atoms with E-state index < -0.39 is 0 Å². The molecule has 0 saturated carbocycles. The fourth-order valence-electron chi connectivity index (χ4n) is 3.24. The van der Waals surface area contributed by atoms with Gasteiger partial charge in [0.2, 0.25) is 0 Å². The molecule has 0 aliphatic carbocycles. The molecule has 7 heteroatoms. The molecular weight excluding hydrogens is 384 g/mol. The Morgan fingerprint density at radius 1 is 0.667 bits per heavy atom. The van der Waals surface area contributed by atoms with Crippen LogP contribution in [0.4, 0.5) is 0 Å². The van der Waals surface area contributed by atoms with Gasteiger partial charge in [0.05, 0.1) is 59.5 Å². The zero-order valence-corrected chi connectivity index (χ0v) is 18.6. The number of nitrogens with zero attached hydrogens (tertiary/aromatic N) is 2. The maximum Gasteiger partial charge on any atom is 0.0701 e. The standard InChI is InChI=1S/C23H40N2O5/c1-26-14-9-25-12-17-29-21-19-27-15-10-24(8-7-23-5-3-2-4-6-23)11-16-28-20-22-30-18-13-25/h2-6H,7-22H2,1H3. The van der Waals surface area contributed by atoms with Crippen molar-refractivity contribution >= 4 is 0 Å². The molecule has 1 heterocycles. The number of methoxy groups -OCH3 is 1. The molecule has 0 amide bonds. The van der Waals surface area contributed by atoms with Crippen molar-refractivity contribution in [2.24, 2.45) is 0 Å². The number of benzene rings is 1. The molecule has 0 aromatic heterocycles. The zero-order chi connectivity index (χ0) is 21.1. The summed E-state index contributed by atoms with van der Waals surface area (Å²) in [5, 5.41) is 0. The Morgan fingerprint density at radius 3 is 1.60 bits per heavy atom. The number of hydrogen-bond acceptors (Lipinski definition) is 7. The third-order valence-electron chi connectivity index (χ3n) is 5.12. The molecule has 0 radical (unpaired) electrons. The van der Waals surface area contributed by atoms with E-state index in [2.05, 4.69) is 40.1 Å². The largest absolute Gasteiger partial charge is 0.383 e. The number of ether oxygens (including phenoxy) is 5. The monoisotopic (exact) mass is 424 g/mol. The first-order valence-electron chi connectivity index (χ1n) is 11.2. The Morgan fingerprint density at radius 2 is 1.13 bits per heavy atom. The van der Waals surface area contributed by atoms with Crippen LogP contribution < -0.4 is 0 Å². The normalized spacial score (nSPS) is 20.4. The van der Waals surface area contributed by atoms with Crippen LogP contribution >= 0.6 is 0 Å². The number of rotatable bonds is 6. The van der Waals surface area contributed by atoms with E-state index in [0.717, 1.165) is 45.7 Å². The second kappa shape index (κ2) is 17.6. The first-order chi connectivity index (χ1) is 14.9. The van der Waals surface area contributed by atoms with Crippen LogP contribution in [0.25, 0.3) is 0 Å². The van der Waals surface area contributed by atoms with E-state index in [0.29, 0.717) is 59.5 Å². The molecule has 1 aromatic carbocycles. The molecule has 1 aromatic rings. The van der Waals surface area contributed by atoms with Gasteiger partial charge in [-0.1, -0.05) is 30.3 Å². The van der Waals surface area contributed by atoms with Crippen molar-refractivity contribution in [1.29, 1.82) is 0 Å². The maximum absolute atomic E-state index is 5.79. The SMILES string of the molecule is COCCN1CCOCCOCCN(CCc2ccccc2)CCOCCOCC1. The van der Waals surface area contributed by atoms with Crippen LogP contribution in [0.2, 0.25) is 0 Å². The summed E-state index contributed by atoms with van der Waals surface area (Å²) in [5.41, 5.74) is 1.36. The van der Waals surface area contributed by atoms with Gasteiger partial charge >= 0.3 is 0 Å². The highest BCUT2D eigenvalue weighted by molar-refractivity contribution is 5.14. The van der Waals surface area contributed by atoms with E-state index in [9.17, 15) is 0 Å². The molecule has 30 heavy (non-hydrogen) atoms. The van der Waals surface area contributed by atoms with Crippen LogP contribution in [0.5, 0.6) is 0 Å². The fraction of sp³-hybridized carbons (Fsp3) is 0.739. The lowest BCUT2D eigenvalue weighted by Crippen LogP contribution is -2.35. The van der Waals surface area contributed by atoms with E-state index in [-0.39, 0.29) is 0 Å². The third-order valence-corrected chi connectivity index (χ3v) is 5.12. The van der Waals surface area contributed by atoms with Crippen molar-refractivity contribution in [2.75, 3.05) is 106 Å². The van der Waals surface area contributed by atoms with Gasteiger partial charge in [-0.2, -0.15) is 0 Å². The minimum Gasteiger partial charge on any atom is -0.383 e. The van der Waals surface area contributed by atoms with Gasteiger partial charge in [-0.05, 0) is 12.0 Å². The third kappa shape index (κ3) is 12.6. The highest BCUT2D eigenvalue weighted by atomic mass is 16.5. The minimum absolute atomic E-state index is 0.627. The fourth-order valence-corrected chi connectivity index (χ4v) is 3.24. The van der Waals surface area contributed by atoms with Crippen LogP contribution in [0.1, 0.15) is 5.56 Å². The van der Waals surface area contributed by atoms with Gasteiger partial charge in [-0.15, -0.1) is 0 Å². The average molecular weight is 425 g/mol. The molecule has 2 rings (SSSR count). The minimum atomic E-state index is 0.627. The summed E-state index contributed by atoms with van der Waals surface area (Å²) in [7, 11) is 1.73. The van der Waals surface area contributed by atoms with Gasteiger partial charge in [0.15, 0.2) is 0 Å². The Bertz CT molecular complexity index is 486. The first-order valence-corrected chi connectivity index (χ1v) is 11.2. The maximum atomic E-state index is 5.79. The van der Waals surface area contributed by atoms with Crippen LogP contribution in [0.15, 0.2) is 30.3 Å².